The number of benzene rings is 1. The highest BCUT2D eigenvalue weighted by Crippen LogP contribution is 2.28. The number of carbonyl (C=O) groups excluding carboxylic acids is 1. The molecule has 2 rings (SSSR count). The number of carboxylic acids is 1. The molecule has 2 atom stereocenters. The zero-order valence-electron chi connectivity index (χ0n) is 13.5. The van der Waals surface area contributed by atoms with Gasteiger partial charge in [-0.1, -0.05) is 41.1 Å². The molecule has 1 saturated heterocycles. The highest BCUT2D eigenvalue weighted by molar-refractivity contribution is 9.10. The SMILES string of the molecule is C[C@H](CC(=O)N1CCC[C@@H](CCC(=O)O)C1)c1ccccc1Br. The lowest BCUT2D eigenvalue weighted by Gasteiger charge is -2.33. The van der Waals surface area contributed by atoms with Crippen LogP contribution in [0.2, 0.25) is 0 Å². The van der Waals surface area contributed by atoms with Gasteiger partial charge in [-0.3, -0.25) is 9.59 Å². The fraction of sp³-hybridized carbons (Fsp3) is 0.556. The second-order valence-corrected chi connectivity index (χ2v) is 7.26. The van der Waals surface area contributed by atoms with Gasteiger partial charge in [0.05, 0.1) is 0 Å². The minimum atomic E-state index is -0.754. The van der Waals surface area contributed by atoms with Crippen LogP contribution in [0.1, 0.15) is 50.5 Å². The van der Waals surface area contributed by atoms with Crippen LogP contribution in [-0.4, -0.2) is 35.0 Å². The maximum Gasteiger partial charge on any atom is 0.303 e. The number of amides is 1. The number of carbonyl (C=O) groups is 2. The van der Waals surface area contributed by atoms with Crippen molar-refractivity contribution in [3.63, 3.8) is 0 Å². The number of hydrogen-bond acceptors (Lipinski definition) is 2. The van der Waals surface area contributed by atoms with Crippen molar-refractivity contribution in [1.29, 1.82) is 0 Å². The predicted molar refractivity (Wildman–Crippen MR) is 93.3 cm³/mol. The molecule has 5 heteroatoms. The van der Waals surface area contributed by atoms with E-state index in [4.69, 9.17) is 5.11 Å². The zero-order chi connectivity index (χ0) is 16.8. The van der Waals surface area contributed by atoms with Gasteiger partial charge in [-0.2, -0.15) is 0 Å². The topological polar surface area (TPSA) is 57.6 Å². The third kappa shape index (κ3) is 5.34. The Morgan fingerprint density at radius 2 is 2.13 bits per heavy atom. The number of nitrogens with zero attached hydrogens (tertiary/aromatic N) is 1. The van der Waals surface area contributed by atoms with Gasteiger partial charge in [0.25, 0.3) is 0 Å². The zero-order valence-corrected chi connectivity index (χ0v) is 15.1. The van der Waals surface area contributed by atoms with Gasteiger partial charge in [-0.15, -0.1) is 0 Å². The van der Waals surface area contributed by atoms with Crippen molar-refractivity contribution < 1.29 is 14.7 Å². The maximum absolute atomic E-state index is 12.6. The van der Waals surface area contributed by atoms with E-state index in [9.17, 15) is 9.59 Å². The number of halogens is 1. The van der Waals surface area contributed by atoms with Crippen molar-refractivity contribution in [2.45, 2.75) is 44.9 Å². The van der Waals surface area contributed by atoms with Crippen LogP contribution in [0.15, 0.2) is 28.7 Å². The van der Waals surface area contributed by atoms with E-state index in [-0.39, 0.29) is 18.2 Å². The summed E-state index contributed by atoms with van der Waals surface area (Å²) in [6.45, 7) is 3.57. The first-order chi connectivity index (χ1) is 11.0. The van der Waals surface area contributed by atoms with Gasteiger partial charge in [0.1, 0.15) is 0 Å². The largest absolute Gasteiger partial charge is 0.481 e. The molecule has 0 spiro atoms. The van der Waals surface area contributed by atoms with Gasteiger partial charge in [0, 0.05) is 30.4 Å². The molecule has 0 saturated carbocycles. The molecule has 0 radical (unpaired) electrons. The van der Waals surface area contributed by atoms with Crippen LogP contribution in [-0.2, 0) is 9.59 Å². The van der Waals surface area contributed by atoms with E-state index in [1.54, 1.807) is 0 Å². The Bertz CT molecular complexity index is 561. The van der Waals surface area contributed by atoms with Gasteiger partial charge in [-0.25, -0.2) is 0 Å². The Balaban J connectivity index is 1.89. The molecule has 1 aromatic rings. The molecule has 4 nitrogen and oxygen atoms in total. The van der Waals surface area contributed by atoms with Gasteiger partial charge >= 0.3 is 5.97 Å². The summed E-state index contributed by atoms with van der Waals surface area (Å²) in [4.78, 5) is 25.2. The van der Waals surface area contributed by atoms with E-state index < -0.39 is 5.97 Å². The van der Waals surface area contributed by atoms with Crippen LogP contribution < -0.4 is 0 Å². The fourth-order valence-electron chi connectivity index (χ4n) is 3.23. The number of likely N-dealkylation sites (tertiary alicyclic amines) is 1. The minimum absolute atomic E-state index is 0.164. The first kappa shape index (κ1) is 18.0. The summed E-state index contributed by atoms with van der Waals surface area (Å²) in [5.41, 5.74) is 1.15. The lowest BCUT2D eigenvalue weighted by atomic mass is 9.92. The van der Waals surface area contributed by atoms with E-state index in [1.165, 1.54) is 0 Å². The molecule has 1 aliphatic rings. The molecule has 1 aromatic carbocycles. The average molecular weight is 382 g/mol. The number of carboxylic acid groups (broad SMARTS) is 1. The summed E-state index contributed by atoms with van der Waals surface area (Å²) in [6, 6.07) is 8.01. The van der Waals surface area contributed by atoms with E-state index in [1.807, 2.05) is 29.2 Å². The van der Waals surface area contributed by atoms with Crippen molar-refractivity contribution in [2.24, 2.45) is 5.92 Å². The molecule has 1 aliphatic heterocycles. The first-order valence-electron chi connectivity index (χ1n) is 8.21. The third-order valence-electron chi connectivity index (χ3n) is 4.56. The quantitative estimate of drug-likeness (QED) is 0.808. The second-order valence-electron chi connectivity index (χ2n) is 6.41. The van der Waals surface area contributed by atoms with E-state index in [0.717, 1.165) is 29.4 Å². The highest BCUT2D eigenvalue weighted by Gasteiger charge is 2.25. The molecule has 1 fully saturated rings. The summed E-state index contributed by atoms with van der Waals surface area (Å²) in [6.07, 6.45) is 3.35. The maximum atomic E-state index is 12.6. The predicted octanol–water partition coefficient (Wildman–Crippen LogP) is 4.05. The summed E-state index contributed by atoms with van der Waals surface area (Å²) in [7, 11) is 0. The van der Waals surface area contributed by atoms with E-state index in [0.29, 0.717) is 25.3 Å². The third-order valence-corrected chi connectivity index (χ3v) is 5.28. The van der Waals surface area contributed by atoms with Crippen molar-refractivity contribution in [2.75, 3.05) is 13.1 Å². The Hall–Kier alpha value is -1.36. The molecular formula is C18H24BrNO3. The molecule has 126 valence electrons. The molecule has 1 amide bonds. The Kier molecular flexibility index (Phi) is 6.63. The molecule has 23 heavy (non-hydrogen) atoms. The van der Waals surface area contributed by atoms with Crippen molar-refractivity contribution in [3.8, 4) is 0 Å². The molecule has 0 aliphatic carbocycles. The van der Waals surface area contributed by atoms with Crippen LogP contribution >= 0.6 is 15.9 Å². The Morgan fingerprint density at radius 3 is 2.83 bits per heavy atom. The molecule has 0 bridgehead atoms. The van der Waals surface area contributed by atoms with Crippen LogP contribution in [0.3, 0.4) is 0 Å². The van der Waals surface area contributed by atoms with Crippen LogP contribution in [0.5, 0.6) is 0 Å². The number of hydrogen-bond donors (Lipinski definition) is 1. The lowest BCUT2D eigenvalue weighted by Crippen LogP contribution is -2.40. The summed E-state index contributed by atoms with van der Waals surface area (Å²) >= 11 is 3.55. The van der Waals surface area contributed by atoms with Crippen LogP contribution in [0.4, 0.5) is 0 Å². The van der Waals surface area contributed by atoms with Gasteiger partial charge in [0.2, 0.25) is 5.91 Å². The summed E-state index contributed by atoms with van der Waals surface area (Å²) in [5, 5.41) is 8.81. The normalized spacial score (nSPS) is 19.4. The molecular weight excluding hydrogens is 358 g/mol. The highest BCUT2D eigenvalue weighted by atomic mass is 79.9. The number of rotatable bonds is 6. The van der Waals surface area contributed by atoms with Crippen LogP contribution in [0.25, 0.3) is 0 Å². The van der Waals surface area contributed by atoms with Gasteiger partial charge in [-0.05, 0) is 42.7 Å². The lowest BCUT2D eigenvalue weighted by molar-refractivity contribution is -0.137. The molecule has 0 unspecified atom stereocenters. The standard InChI is InChI=1S/C18H24BrNO3/c1-13(15-6-2-3-7-16(15)19)11-17(21)20-10-4-5-14(12-20)8-9-18(22)23/h2-3,6-7,13-14H,4-5,8-12H2,1H3,(H,22,23)/t13-,14+/m1/s1. The molecule has 0 aromatic heterocycles. The Morgan fingerprint density at radius 1 is 1.39 bits per heavy atom. The Labute approximate surface area is 146 Å². The smallest absolute Gasteiger partial charge is 0.303 e. The first-order valence-corrected chi connectivity index (χ1v) is 9.00. The van der Waals surface area contributed by atoms with Crippen LogP contribution in [0, 0.1) is 5.92 Å². The summed E-state index contributed by atoms with van der Waals surface area (Å²) < 4.78 is 1.04. The van der Waals surface area contributed by atoms with E-state index in [2.05, 4.69) is 22.9 Å². The average Bonchev–Trinajstić information content (AvgIpc) is 2.53. The number of aliphatic carboxylic acids is 1. The second kappa shape index (κ2) is 8.48. The van der Waals surface area contributed by atoms with Gasteiger partial charge in [0.15, 0.2) is 0 Å². The van der Waals surface area contributed by atoms with E-state index >= 15 is 0 Å². The summed E-state index contributed by atoms with van der Waals surface area (Å²) in [5.74, 6) is -0.0932. The number of piperidine rings is 1. The fourth-order valence-corrected chi connectivity index (χ4v) is 3.91. The van der Waals surface area contributed by atoms with Crippen molar-refractivity contribution in [3.05, 3.63) is 34.3 Å². The molecule has 1 heterocycles. The van der Waals surface area contributed by atoms with Crippen molar-refractivity contribution in [1.82, 2.24) is 4.90 Å². The minimum Gasteiger partial charge on any atom is -0.481 e. The molecule has 1 N–H and O–H groups in total. The monoisotopic (exact) mass is 381 g/mol. The van der Waals surface area contributed by atoms with Crippen molar-refractivity contribution >= 4 is 27.8 Å². The van der Waals surface area contributed by atoms with Gasteiger partial charge < -0.3 is 10.0 Å².